The van der Waals surface area contributed by atoms with Crippen LogP contribution in [0.1, 0.15) is 18.1 Å². The highest BCUT2D eigenvalue weighted by Crippen LogP contribution is 2.29. The van der Waals surface area contributed by atoms with Gasteiger partial charge in [-0.3, -0.25) is 0 Å². The van der Waals surface area contributed by atoms with E-state index >= 15 is 0 Å². The molecule has 0 aliphatic rings. The van der Waals surface area contributed by atoms with E-state index in [1.54, 1.807) is 18.2 Å². The minimum atomic E-state index is -1.08. The molecule has 1 unspecified atom stereocenters. The van der Waals surface area contributed by atoms with Crippen LogP contribution < -0.4 is 5.32 Å². The van der Waals surface area contributed by atoms with Gasteiger partial charge in [0.15, 0.2) is 0 Å². The Balaban J connectivity index is 2.29. The van der Waals surface area contributed by atoms with Gasteiger partial charge < -0.3 is 20.3 Å². The largest absolute Gasteiger partial charge is 0.508 e. The first-order valence-corrected chi connectivity index (χ1v) is 6.75. The van der Waals surface area contributed by atoms with Crippen LogP contribution in [0.25, 0.3) is 5.57 Å². The Morgan fingerprint density at radius 2 is 2.00 bits per heavy atom. The number of aliphatic hydroxyl groups is 1. The summed E-state index contributed by atoms with van der Waals surface area (Å²) in [7, 11) is 0. The highest BCUT2D eigenvalue weighted by atomic mass is 16.6. The lowest BCUT2D eigenvalue weighted by Crippen LogP contribution is -2.22. The molecule has 0 radical (unpaired) electrons. The molecule has 0 bridgehead atoms. The van der Waals surface area contributed by atoms with Crippen LogP contribution in [0.15, 0.2) is 55.1 Å². The van der Waals surface area contributed by atoms with Gasteiger partial charge >= 0.3 is 0 Å². The summed E-state index contributed by atoms with van der Waals surface area (Å²) in [5.41, 5.74) is 3.11. The smallest absolute Gasteiger partial charge is 0.235 e. The molecule has 0 aliphatic heterocycles. The van der Waals surface area contributed by atoms with Crippen molar-refractivity contribution < 1.29 is 14.9 Å². The number of phenols is 1. The fraction of sp³-hybridized carbons (Fsp3) is 0.176. The van der Waals surface area contributed by atoms with Crippen LogP contribution in [-0.2, 0) is 4.74 Å². The second-order valence-electron chi connectivity index (χ2n) is 4.53. The minimum Gasteiger partial charge on any atom is -0.508 e. The molecule has 21 heavy (non-hydrogen) atoms. The molecule has 2 aromatic carbocycles. The van der Waals surface area contributed by atoms with Crippen molar-refractivity contribution in [1.82, 2.24) is 0 Å². The standard InChI is InChI=1S/C17H19NO3/c1-3-21-17(20)18-16-10-5-4-9-15(16)12(2)13-7-6-8-14(19)11-13/h4-11,17-20H,2-3H2,1H3. The number of anilines is 1. The highest BCUT2D eigenvalue weighted by molar-refractivity contribution is 5.85. The van der Waals surface area contributed by atoms with Crippen LogP contribution in [0.3, 0.4) is 0 Å². The number of rotatable bonds is 6. The van der Waals surface area contributed by atoms with Gasteiger partial charge in [-0.15, -0.1) is 0 Å². The van der Waals surface area contributed by atoms with Crippen molar-refractivity contribution in [2.45, 2.75) is 13.3 Å². The maximum atomic E-state index is 9.72. The number of aromatic hydroxyl groups is 1. The first-order chi connectivity index (χ1) is 10.1. The van der Waals surface area contributed by atoms with Gasteiger partial charge in [0.1, 0.15) is 5.75 Å². The molecule has 0 heterocycles. The van der Waals surface area contributed by atoms with E-state index in [1.807, 2.05) is 37.3 Å². The van der Waals surface area contributed by atoms with Gasteiger partial charge in [0.25, 0.3) is 0 Å². The molecule has 110 valence electrons. The molecule has 0 saturated heterocycles. The lowest BCUT2D eigenvalue weighted by Gasteiger charge is -2.18. The Morgan fingerprint density at radius 3 is 2.71 bits per heavy atom. The van der Waals surface area contributed by atoms with E-state index in [0.29, 0.717) is 12.3 Å². The van der Waals surface area contributed by atoms with Crippen LogP contribution >= 0.6 is 0 Å². The first kappa shape index (κ1) is 15.1. The van der Waals surface area contributed by atoms with Crippen LogP contribution in [0.5, 0.6) is 5.75 Å². The number of phenolic OH excluding ortho intramolecular Hbond substituents is 1. The van der Waals surface area contributed by atoms with Crippen molar-refractivity contribution in [3.05, 3.63) is 66.2 Å². The number of para-hydroxylation sites is 1. The second kappa shape index (κ2) is 6.92. The van der Waals surface area contributed by atoms with E-state index in [-0.39, 0.29) is 5.75 Å². The molecular weight excluding hydrogens is 266 g/mol. The molecule has 3 N–H and O–H groups in total. The Labute approximate surface area is 124 Å². The lowest BCUT2D eigenvalue weighted by molar-refractivity contribution is -0.0730. The zero-order valence-corrected chi connectivity index (χ0v) is 11.9. The summed E-state index contributed by atoms with van der Waals surface area (Å²) in [6.07, 6.45) is -1.08. The van der Waals surface area contributed by atoms with Crippen molar-refractivity contribution >= 4 is 11.3 Å². The summed E-state index contributed by atoms with van der Waals surface area (Å²) < 4.78 is 5.08. The Hall–Kier alpha value is -2.30. The van der Waals surface area contributed by atoms with E-state index < -0.39 is 6.41 Å². The number of hydrogen-bond acceptors (Lipinski definition) is 4. The lowest BCUT2D eigenvalue weighted by atomic mass is 9.98. The van der Waals surface area contributed by atoms with Gasteiger partial charge in [0.05, 0.1) is 0 Å². The zero-order chi connectivity index (χ0) is 15.2. The normalized spacial score (nSPS) is 11.9. The van der Waals surface area contributed by atoms with Gasteiger partial charge in [-0.2, -0.15) is 0 Å². The molecule has 0 aliphatic carbocycles. The fourth-order valence-electron chi connectivity index (χ4n) is 2.05. The Bertz CT molecular complexity index is 625. The molecule has 2 aromatic rings. The van der Waals surface area contributed by atoms with Gasteiger partial charge in [-0.25, -0.2) is 0 Å². The fourth-order valence-corrected chi connectivity index (χ4v) is 2.05. The minimum absolute atomic E-state index is 0.188. The molecule has 4 heteroatoms. The molecule has 4 nitrogen and oxygen atoms in total. The van der Waals surface area contributed by atoms with E-state index in [4.69, 9.17) is 4.74 Å². The third-order valence-corrected chi connectivity index (χ3v) is 3.05. The topological polar surface area (TPSA) is 61.7 Å². The van der Waals surface area contributed by atoms with Gasteiger partial charge in [0.2, 0.25) is 6.41 Å². The predicted octanol–water partition coefficient (Wildman–Crippen LogP) is 3.18. The maximum Gasteiger partial charge on any atom is 0.235 e. The third kappa shape index (κ3) is 3.84. The number of hydrogen-bond donors (Lipinski definition) is 3. The quantitative estimate of drug-likeness (QED) is 0.713. The summed E-state index contributed by atoms with van der Waals surface area (Å²) >= 11 is 0. The van der Waals surface area contributed by atoms with Crippen LogP contribution in [-0.4, -0.2) is 23.2 Å². The molecule has 0 aromatic heterocycles. The van der Waals surface area contributed by atoms with Crippen molar-refractivity contribution in [1.29, 1.82) is 0 Å². The van der Waals surface area contributed by atoms with E-state index in [0.717, 1.165) is 16.7 Å². The van der Waals surface area contributed by atoms with Crippen molar-refractivity contribution in [2.75, 3.05) is 11.9 Å². The number of benzene rings is 2. The molecule has 0 amide bonds. The Kier molecular flexibility index (Phi) is 4.98. The van der Waals surface area contributed by atoms with Gasteiger partial charge in [-0.1, -0.05) is 36.9 Å². The van der Waals surface area contributed by atoms with Gasteiger partial charge in [0, 0.05) is 17.9 Å². The van der Waals surface area contributed by atoms with E-state index in [9.17, 15) is 10.2 Å². The van der Waals surface area contributed by atoms with Gasteiger partial charge in [-0.05, 0) is 36.3 Å². The summed E-state index contributed by atoms with van der Waals surface area (Å²) in [6.45, 7) is 6.29. The average Bonchev–Trinajstić information content (AvgIpc) is 2.47. The molecule has 0 spiro atoms. The van der Waals surface area contributed by atoms with Crippen LogP contribution in [0.2, 0.25) is 0 Å². The Morgan fingerprint density at radius 1 is 1.24 bits per heavy atom. The maximum absolute atomic E-state index is 9.72. The highest BCUT2D eigenvalue weighted by Gasteiger charge is 2.11. The first-order valence-electron chi connectivity index (χ1n) is 6.75. The monoisotopic (exact) mass is 285 g/mol. The summed E-state index contributed by atoms with van der Waals surface area (Å²) in [4.78, 5) is 0. The molecular formula is C17H19NO3. The molecule has 1 atom stereocenters. The second-order valence-corrected chi connectivity index (χ2v) is 4.53. The van der Waals surface area contributed by atoms with E-state index in [1.165, 1.54) is 0 Å². The number of ether oxygens (including phenoxy) is 1. The third-order valence-electron chi connectivity index (χ3n) is 3.05. The zero-order valence-electron chi connectivity index (χ0n) is 11.9. The summed E-state index contributed by atoms with van der Waals surface area (Å²) in [6, 6.07) is 14.4. The predicted molar refractivity (Wildman–Crippen MR) is 83.9 cm³/mol. The summed E-state index contributed by atoms with van der Waals surface area (Å²) in [5.74, 6) is 0.188. The number of aliphatic hydroxyl groups excluding tert-OH is 1. The van der Waals surface area contributed by atoms with Crippen LogP contribution in [0.4, 0.5) is 5.69 Å². The SMILES string of the molecule is C=C(c1cccc(O)c1)c1ccccc1NC(O)OCC. The molecule has 0 saturated carbocycles. The molecule has 0 fully saturated rings. The average molecular weight is 285 g/mol. The summed E-state index contributed by atoms with van der Waals surface area (Å²) in [5, 5.41) is 22.2. The van der Waals surface area contributed by atoms with Crippen molar-refractivity contribution in [3.63, 3.8) is 0 Å². The van der Waals surface area contributed by atoms with Crippen LogP contribution in [0, 0.1) is 0 Å². The van der Waals surface area contributed by atoms with Crippen molar-refractivity contribution in [3.8, 4) is 5.75 Å². The molecule has 2 rings (SSSR count). The van der Waals surface area contributed by atoms with Crippen molar-refractivity contribution in [2.24, 2.45) is 0 Å². The number of nitrogens with one attached hydrogen (secondary N) is 1. The van der Waals surface area contributed by atoms with E-state index in [2.05, 4.69) is 11.9 Å².